The van der Waals surface area contributed by atoms with Crippen molar-refractivity contribution in [3.05, 3.63) is 22.3 Å². The summed E-state index contributed by atoms with van der Waals surface area (Å²) in [5.41, 5.74) is 0. The molecule has 0 aliphatic carbocycles. The molecule has 0 aromatic carbocycles. The van der Waals surface area contributed by atoms with Gasteiger partial charge in [0.1, 0.15) is 21.3 Å². The van der Waals surface area contributed by atoms with Gasteiger partial charge in [0.15, 0.2) is 4.34 Å². The van der Waals surface area contributed by atoms with Crippen LogP contribution < -0.4 is 0 Å². The number of hydrogen-bond donors (Lipinski definition) is 0. The van der Waals surface area contributed by atoms with Crippen LogP contribution in [0.2, 0.25) is 0 Å². The molecule has 96 valence electrons. The Kier molecular flexibility index (Phi) is 5.08. The fourth-order valence-electron chi connectivity index (χ4n) is 1.34. The second-order valence-electron chi connectivity index (χ2n) is 3.63. The zero-order valence-electron chi connectivity index (χ0n) is 10.2. The lowest BCUT2D eigenvalue weighted by atomic mass is 10.3. The van der Waals surface area contributed by atoms with Gasteiger partial charge >= 0.3 is 0 Å². The van der Waals surface area contributed by atoms with E-state index >= 15 is 0 Å². The van der Waals surface area contributed by atoms with Crippen molar-refractivity contribution in [1.82, 2.24) is 19.3 Å². The van der Waals surface area contributed by atoms with Crippen LogP contribution in [0.3, 0.4) is 0 Å². The third kappa shape index (κ3) is 3.73. The fourth-order valence-corrected chi connectivity index (χ4v) is 3.58. The first-order valence-electron chi connectivity index (χ1n) is 5.75. The number of rotatable bonds is 5. The monoisotopic (exact) mass is 344 g/mol. The van der Waals surface area contributed by atoms with Gasteiger partial charge in [0, 0.05) is 18.9 Å². The summed E-state index contributed by atoms with van der Waals surface area (Å²) < 4.78 is 6.02. The maximum Gasteiger partial charge on any atom is 0.176 e. The number of aromatic nitrogens is 4. The zero-order valence-corrected chi connectivity index (χ0v) is 13.4. The Morgan fingerprint density at radius 1 is 1.22 bits per heavy atom. The van der Waals surface area contributed by atoms with E-state index in [0.29, 0.717) is 0 Å². The molecule has 0 spiro atoms. The van der Waals surface area contributed by atoms with E-state index in [4.69, 9.17) is 0 Å². The van der Waals surface area contributed by atoms with Gasteiger partial charge in [-0.25, -0.2) is 15.0 Å². The number of nitrogens with zero attached hydrogens (tertiary/aromatic N) is 4. The van der Waals surface area contributed by atoms with E-state index in [-0.39, 0.29) is 0 Å². The average Bonchev–Trinajstić information content (AvgIpc) is 2.76. The summed E-state index contributed by atoms with van der Waals surface area (Å²) >= 11 is 6.38. The molecule has 7 heteroatoms. The van der Waals surface area contributed by atoms with Crippen LogP contribution >= 0.6 is 39.2 Å². The van der Waals surface area contributed by atoms with Gasteiger partial charge in [0.25, 0.3) is 0 Å². The summed E-state index contributed by atoms with van der Waals surface area (Å²) in [6.45, 7) is 4.17. The molecule has 0 radical (unpaired) electrons. The number of aryl methyl sites for hydroxylation is 2. The minimum Gasteiger partial charge on any atom is -0.226 e. The van der Waals surface area contributed by atoms with Crippen molar-refractivity contribution in [2.75, 3.05) is 0 Å². The molecule has 2 heterocycles. The summed E-state index contributed by atoms with van der Waals surface area (Å²) in [7, 11) is 0. The minimum atomic E-state index is 0.823. The largest absolute Gasteiger partial charge is 0.226 e. The standard InChI is InChI=1S/C11H13BrN4S2/c1-3-5-9-13-7(12)6-10(14-9)17-11-15-8(4-2)16-18-11/h6H,3-5H2,1-2H3. The molecule has 0 N–H and O–H groups in total. The third-order valence-electron chi connectivity index (χ3n) is 2.15. The molecule has 0 atom stereocenters. The molecule has 0 unspecified atom stereocenters. The molecular weight excluding hydrogens is 332 g/mol. The highest BCUT2D eigenvalue weighted by Gasteiger charge is 2.08. The molecule has 0 aliphatic heterocycles. The van der Waals surface area contributed by atoms with Gasteiger partial charge in [0.2, 0.25) is 0 Å². The Morgan fingerprint density at radius 2 is 2.06 bits per heavy atom. The van der Waals surface area contributed by atoms with Gasteiger partial charge in [-0.1, -0.05) is 13.8 Å². The lowest BCUT2D eigenvalue weighted by Gasteiger charge is -2.02. The molecule has 0 amide bonds. The van der Waals surface area contributed by atoms with Crippen LogP contribution in [0.5, 0.6) is 0 Å². The minimum absolute atomic E-state index is 0.823. The Morgan fingerprint density at radius 3 is 2.72 bits per heavy atom. The molecular formula is C11H13BrN4S2. The predicted octanol–water partition coefficient (Wildman–Crippen LogP) is 3.76. The summed E-state index contributed by atoms with van der Waals surface area (Å²) in [6.07, 6.45) is 2.80. The Hall–Kier alpha value is -0.530. The van der Waals surface area contributed by atoms with Crippen molar-refractivity contribution in [3.8, 4) is 0 Å². The molecule has 2 rings (SSSR count). The summed E-state index contributed by atoms with van der Waals surface area (Å²) in [6, 6.07) is 1.91. The van der Waals surface area contributed by atoms with Gasteiger partial charge in [0.05, 0.1) is 0 Å². The first-order chi connectivity index (χ1) is 8.71. The Balaban J connectivity index is 2.17. The second-order valence-corrected chi connectivity index (χ2v) is 6.46. The van der Waals surface area contributed by atoms with Crippen LogP contribution in [-0.4, -0.2) is 19.3 Å². The number of halogens is 1. The summed E-state index contributed by atoms with van der Waals surface area (Å²) in [5, 5.41) is 0.916. The topological polar surface area (TPSA) is 51.6 Å². The molecule has 2 aromatic rings. The van der Waals surface area contributed by atoms with Gasteiger partial charge in [-0.3, -0.25) is 0 Å². The van der Waals surface area contributed by atoms with Gasteiger partial charge in [-0.2, -0.15) is 4.37 Å². The smallest absolute Gasteiger partial charge is 0.176 e. The maximum atomic E-state index is 4.51. The Labute approximate surface area is 123 Å². The molecule has 0 bridgehead atoms. The van der Waals surface area contributed by atoms with E-state index in [1.54, 1.807) is 11.8 Å². The first kappa shape index (κ1) is 13.9. The maximum absolute atomic E-state index is 4.51. The first-order valence-corrected chi connectivity index (χ1v) is 8.13. The van der Waals surface area contributed by atoms with Crippen LogP contribution in [0, 0.1) is 0 Å². The van der Waals surface area contributed by atoms with Crippen molar-refractivity contribution in [2.45, 2.75) is 42.5 Å². The van der Waals surface area contributed by atoms with Gasteiger partial charge < -0.3 is 0 Å². The highest BCUT2D eigenvalue weighted by Crippen LogP contribution is 2.29. The van der Waals surface area contributed by atoms with Crippen molar-refractivity contribution in [3.63, 3.8) is 0 Å². The molecule has 0 aliphatic rings. The van der Waals surface area contributed by atoms with E-state index in [9.17, 15) is 0 Å². The highest BCUT2D eigenvalue weighted by atomic mass is 79.9. The zero-order chi connectivity index (χ0) is 13.0. The van der Waals surface area contributed by atoms with E-state index in [2.05, 4.69) is 49.1 Å². The van der Waals surface area contributed by atoms with E-state index in [0.717, 1.165) is 44.9 Å². The lowest BCUT2D eigenvalue weighted by Crippen LogP contribution is -1.96. The van der Waals surface area contributed by atoms with Crippen molar-refractivity contribution >= 4 is 39.2 Å². The summed E-state index contributed by atoms with van der Waals surface area (Å²) in [5.74, 6) is 1.76. The van der Waals surface area contributed by atoms with Gasteiger partial charge in [-0.15, -0.1) is 0 Å². The molecule has 18 heavy (non-hydrogen) atoms. The van der Waals surface area contributed by atoms with Crippen molar-refractivity contribution in [2.24, 2.45) is 0 Å². The predicted molar refractivity (Wildman–Crippen MR) is 77.1 cm³/mol. The highest BCUT2D eigenvalue weighted by molar-refractivity contribution is 9.10. The molecule has 0 saturated carbocycles. The van der Waals surface area contributed by atoms with Crippen LogP contribution in [-0.2, 0) is 12.8 Å². The quantitative estimate of drug-likeness (QED) is 0.773. The van der Waals surface area contributed by atoms with Gasteiger partial charge in [-0.05, 0) is 45.6 Å². The number of hydrogen-bond acceptors (Lipinski definition) is 6. The van der Waals surface area contributed by atoms with Crippen LogP contribution in [0.15, 0.2) is 20.0 Å². The molecule has 4 nitrogen and oxygen atoms in total. The average molecular weight is 345 g/mol. The van der Waals surface area contributed by atoms with Crippen LogP contribution in [0.4, 0.5) is 0 Å². The Bertz CT molecular complexity index is 530. The van der Waals surface area contributed by atoms with E-state index < -0.39 is 0 Å². The second kappa shape index (κ2) is 6.58. The SMILES string of the molecule is CCCc1nc(Br)cc(Sc2nc(CC)ns2)n1. The molecule has 0 fully saturated rings. The van der Waals surface area contributed by atoms with E-state index in [1.807, 2.05) is 6.07 Å². The lowest BCUT2D eigenvalue weighted by molar-refractivity contribution is 0.802. The summed E-state index contributed by atoms with van der Waals surface area (Å²) in [4.78, 5) is 13.3. The van der Waals surface area contributed by atoms with Crippen LogP contribution in [0.1, 0.15) is 31.9 Å². The van der Waals surface area contributed by atoms with E-state index in [1.165, 1.54) is 11.5 Å². The van der Waals surface area contributed by atoms with Crippen molar-refractivity contribution < 1.29 is 0 Å². The normalized spacial score (nSPS) is 10.8. The fraction of sp³-hybridized carbons (Fsp3) is 0.455. The molecule has 0 saturated heterocycles. The van der Waals surface area contributed by atoms with Crippen LogP contribution in [0.25, 0.3) is 0 Å². The van der Waals surface area contributed by atoms with Crippen molar-refractivity contribution in [1.29, 1.82) is 0 Å². The molecule has 2 aromatic heterocycles. The third-order valence-corrected chi connectivity index (χ3v) is 4.26.